The van der Waals surface area contributed by atoms with E-state index < -0.39 is 10.1 Å². The molecular weight excluding hydrogens is 561 g/mol. The average molecular weight is 585 g/mol. The number of halogens is 1. The Balaban J connectivity index is 1.68. The Morgan fingerprint density at radius 3 is 2.78 bits per heavy atom. The van der Waals surface area contributed by atoms with Crippen LogP contribution >= 0.6 is 34.4 Å². The maximum atomic E-state index is 11.0. The molecule has 0 aliphatic carbocycles. The van der Waals surface area contributed by atoms with Crippen molar-refractivity contribution in [2.24, 2.45) is 7.05 Å². The van der Waals surface area contributed by atoms with Gasteiger partial charge in [-0.15, -0.1) is 4.98 Å². The molecule has 170 valence electrons. The van der Waals surface area contributed by atoms with E-state index in [4.69, 9.17) is 4.98 Å². The molecule has 0 atom stereocenters. The highest BCUT2D eigenvalue weighted by molar-refractivity contribution is 14.1. The van der Waals surface area contributed by atoms with Crippen molar-refractivity contribution in [3.63, 3.8) is 0 Å². The van der Waals surface area contributed by atoms with Gasteiger partial charge >= 0.3 is 0 Å². The number of rotatable bonds is 9. The highest BCUT2D eigenvalue weighted by Gasteiger charge is 2.26. The first kappa shape index (κ1) is 23.5. The smallest absolute Gasteiger partial charge is 0.291 e. The van der Waals surface area contributed by atoms with Crippen LogP contribution < -0.4 is 9.47 Å². The number of anilines is 1. The van der Waals surface area contributed by atoms with Crippen LogP contribution in [0.5, 0.6) is 0 Å². The second-order valence-electron chi connectivity index (χ2n) is 7.57. The zero-order chi connectivity index (χ0) is 22.7. The molecule has 1 aromatic carbocycles. The lowest BCUT2D eigenvalue weighted by molar-refractivity contribution is -0.649. The number of benzene rings is 1. The van der Waals surface area contributed by atoms with Crippen molar-refractivity contribution in [3.8, 4) is 0 Å². The molecule has 8 nitrogen and oxygen atoms in total. The average Bonchev–Trinajstić information content (AvgIpc) is 3.33. The summed E-state index contributed by atoms with van der Waals surface area (Å²) in [6.07, 6.45) is 7.73. The van der Waals surface area contributed by atoms with E-state index in [1.807, 2.05) is 30.1 Å². The Kier molecular flexibility index (Phi) is 7.37. The van der Waals surface area contributed by atoms with Crippen molar-refractivity contribution in [2.75, 3.05) is 21.6 Å². The minimum absolute atomic E-state index is 0.331. The molecule has 0 saturated carbocycles. The van der Waals surface area contributed by atoms with Gasteiger partial charge in [0.05, 0.1) is 27.9 Å². The van der Waals surface area contributed by atoms with Gasteiger partial charge in [0.1, 0.15) is 0 Å². The third kappa shape index (κ3) is 5.26. The number of alkyl halides is 1. The molecule has 3 heterocycles. The van der Waals surface area contributed by atoms with Crippen molar-refractivity contribution >= 4 is 67.4 Å². The van der Waals surface area contributed by atoms with E-state index in [-0.39, 0.29) is 5.75 Å². The highest BCUT2D eigenvalue weighted by atomic mass is 127. The van der Waals surface area contributed by atoms with E-state index in [0.29, 0.717) is 19.4 Å². The van der Waals surface area contributed by atoms with Crippen molar-refractivity contribution in [1.29, 1.82) is 0 Å². The predicted octanol–water partition coefficient (Wildman–Crippen LogP) is 3.32. The first-order valence-corrected chi connectivity index (χ1v) is 14.2. The molecule has 0 N–H and O–H groups in total. The topological polar surface area (TPSA) is 95.0 Å². The third-order valence-electron chi connectivity index (χ3n) is 5.22. The summed E-state index contributed by atoms with van der Waals surface area (Å²) >= 11 is 4.05. The van der Waals surface area contributed by atoms with Crippen LogP contribution in [-0.2, 0) is 23.7 Å². The van der Waals surface area contributed by atoms with Crippen molar-refractivity contribution < 1.29 is 17.5 Å². The molecule has 32 heavy (non-hydrogen) atoms. The normalized spacial score (nSPS) is 15.1. The van der Waals surface area contributed by atoms with Gasteiger partial charge in [-0.05, 0) is 31.4 Å². The van der Waals surface area contributed by atoms with Crippen LogP contribution in [0, 0.1) is 0 Å². The van der Waals surface area contributed by atoms with Gasteiger partial charge in [-0.3, -0.25) is 0 Å². The van der Waals surface area contributed by atoms with E-state index in [1.54, 1.807) is 18.1 Å². The number of hydrogen-bond acceptors (Lipinski definition) is 7. The number of imidazole rings is 1. The summed E-state index contributed by atoms with van der Waals surface area (Å²) in [7, 11) is -2.24. The summed E-state index contributed by atoms with van der Waals surface area (Å²) in [6.45, 7) is 1.51. The fourth-order valence-electron chi connectivity index (χ4n) is 3.72. The predicted molar refractivity (Wildman–Crippen MR) is 134 cm³/mol. The van der Waals surface area contributed by atoms with E-state index >= 15 is 0 Å². The summed E-state index contributed by atoms with van der Waals surface area (Å²) in [6, 6.07) is 8.14. The molecule has 1 aliphatic rings. The molecule has 4 rings (SSSR count). The van der Waals surface area contributed by atoms with Crippen LogP contribution in [0.25, 0.3) is 17.2 Å². The molecule has 0 unspecified atom stereocenters. The fourth-order valence-corrected chi connectivity index (χ4v) is 5.74. The molecule has 3 aromatic rings. The number of hydrogen-bond donors (Lipinski definition) is 0. The molecule has 0 bridgehead atoms. The van der Waals surface area contributed by atoms with Gasteiger partial charge in [-0.2, -0.15) is 0 Å². The Morgan fingerprint density at radius 2 is 2.00 bits per heavy atom. The maximum Gasteiger partial charge on any atom is 0.291 e. The monoisotopic (exact) mass is 585 g/mol. The number of thioether (sulfide) groups is 1. The van der Waals surface area contributed by atoms with Crippen molar-refractivity contribution in [3.05, 3.63) is 47.6 Å². The standard InChI is InChI=1S/C21H24IN5O3S2/c1-25-14-23-16(20-21(25)24-15-26(20)10-6-9-22)13-19-27(11-4-5-12-32(28,29)30)17-7-2-3-8-18(17)31-19/h2-3,7-8,13-15H,4-6,9-12H2,1H3. The molecule has 2 aromatic heterocycles. The van der Waals surface area contributed by atoms with Gasteiger partial charge in [0.2, 0.25) is 6.33 Å². The summed E-state index contributed by atoms with van der Waals surface area (Å²) in [5, 5.41) is 1.03. The second-order valence-corrected chi connectivity index (χ2v) is 11.2. The highest BCUT2D eigenvalue weighted by Crippen LogP contribution is 2.46. The number of para-hydroxylation sites is 1. The molecule has 0 spiro atoms. The van der Waals surface area contributed by atoms with Crippen LogP contribution in [0.15, 0.2) is 46.8 Å². The first-order chi connectivity index (χ1) is 15.4. The summed E-state index contributed by atoms with van der Waals surface area (Å²) in [5.74, 6) is -0.331. The number of nitrogens with zero attached hydrogens (tertiary/aromatic N) is 5. The third-order valence-corrected chi connectivity index (χ3v) is 7.88. The minimum Gasteiger partial charge on any atom is -0.748 e. The number of unbranched alkanes of at least 4 members (excludes halogenated alkanes) is 1. The minimum atomic E-state index is -4.19. The summed E-state index contributed by atoms with van der Waals surface area (Å²) in [5.41, 5.74) is 3.82. The lowest BCUT2D eigenvalue weighted by atomic mass is 10.2. The van der Waals surface area contributed by atoms with E-state index in [1.165, 1.54) is 0 Å². The molecule has 11 heteroatoms. The summed E-state index contributed by atoms with van der Waals surface area (Å²) < 4.78 is 38.0. The molecule has 1 aliphatic heterocycles. The van der Waals surface area contributed by atoms with Gasteiger partial charge in [-0.1, -0.05) is 51.5 Å². The van der Waals surface area contributed by atoms with Crippen molar-refractivity contribution in [1.82, 2.24) is 14.5 Å². The molecule has 0 saturated heterocycles. The quantitative estimate of drug-likeness (QED) is 0.125. The van der Waals surface area contributed by atoms with Crippen LogP contribution in [0.1, 0.15) is 25.0 Å². The Labute approximate surface area is 205 Å². The maximum absolute atomic E-state index is 11.0. The zero-order valence-corrected chi connectivity index (χ0v) is 21.4. The van der Waals surface area contributed by atoms with E-state index in [2.05, 4.69) is 55.3 Å². The van der Waals surface area contributed by atoms with Crippen molar-refractivity contribution in [2.45, 2.75) is 30.7 Å². The lowest BCUT2D eigenvalue weighted by Crippen LogP contribution is -2.30. The van der Waals surface area contributed by atoms with E-state index in [9.17, 15) is 13.0 Å². The van der Waals surface area contributed by atoms with Gasteiger partial charge < -0.3 is 14.0 Å². The van der Waals surface area contributed by atoms with Gasteiger partial charge in [-0.25, -0.2) is 13.0 Å². The number of aromatic nitrogens is 4. The largest absolute Gasteiger partial charge is 0.748 e. The van der Waals surface area contributed by atoms with Crippen LogP contribution in [0.4, 0.5) is 5.69 Å². The lowest BCUT2D eigenvalue weighted by Gasteiger charge is -2.20. The molecular formula is C21H24IN5O3S2. The number of fused-ring (bicyclic) bond motifs is 2. The SMILES string of the molecule is C[n+]1cnc(C=C2Sc3ccccc3N2CCCCS(=O)(=O)[O-])c2c1ncn2CCCI. The van der Waals surface area contributed by atoms with Gasteiger partial charge in [0.25, 0.3) is 5.65 Å². The zero-order valence-electron chi connectivity index (χ0n) is 17.6. The van der Waals surface area contributed by atoms with Crippen LogP contribution in [0.2, 0.25) is 0 Å². The Hall–Kier alpha value is -1.70. The molecule has 0 radical (unpaired) electrons. The first-order valence-electron chi connectivity index (χ1n) is 10.3. The van der Waals surface area contributed by atoms with Gasteiger partial charge in [0, 0.05) is 34.2 Å². The Morgan fingerprint density at radius 1 is 1.19 bits per heavy atom. The van der Waals surface area contributed by atoms with Crippen LogP contribution in [0.3, 0.4) is 0 Å². The van der Waals surface area contributed by atoms with E-state index in [0.717, 1.165) is 49.9 Å². The Bertz CT molecular complexity index is 1260. The number of aryl methyl sites for hydroxylation is 2. The van der Waals surface area contributed by atoms with Gasteiger partial charge in [0.15, 0.2) is 17.5 Å². The summed E-state index contributed by atoms with van der Waals surface area (Å²) in [4.78, 5) is 12.6. The molecule has 0 amide bonds. The fraction of sp³-hybridized carbons (Fsp3) is 0.381. The molecule has 0 fully saturated rings. The van der Waals surface area contributed by atoms with Crippen LogP contribution in [-0.4, -0.2) is 44.2 Å². The second kappa shape index (κ2) is 10.1.